The number of esters is 1. The molecule has 2 rings (SSSR count). The van der Waals surface area contributed by atoms with E-state index in [0.717, 1.165) is 11.4 Å². The van der Waals surface area contributed by atoms with Gasteiger partial charge in [-0.15, -0.1) is 0 Å². The highest BCUT2D eigenvalue weighted by Crippen LogP contribution is 2.33. The molecule has 0 spiro atoms. The molecule has 20 heavy (non-hydrogen) atoms. The number of nitrogens with two attached hydrogens (primary N) is 1. The van der Waals surface area contributed by atoms with E-state index in [0.29, 0.717) is 22.5 Å². The number of ether oxygens (including phenoxy) is 1. The fourth-order valence-electron chi connectivity index (χ4n) is 2.64. The van der Waals surface area contributed by atoms with Crippen molar-refractivity contribution in [2.24, 2.45) is 0 Å². The second kappa shape index (κ2) is 6.88. The van der Waals surface area contributed by atoms with Crippen LogP contribution in [-0.4, -0.2) is 30.1 Å². The summed E-state index contributed by atoms with van der Waals surface area (Å²) >= 11 is 2.01. The van der Waals surface area contributed by atoms with Crippen molar-refractivity contribution in [3.63, 3.8) is 0 Å². The molecular weight excluding hydrogens is 272 g/mol. The van der Waals surface area contributed by atoms with Crippen LogP contribution in [0.25, 0.3) is 0 Å². The molecule has 1 aliphatic rings. The van der Waals surface area contributed by atoms with Gasteiger partial charge in [0.15, 0.2) is 0 Å². The number of nitrogen functional groups attached to an aromatic ring is 1. The molecule has 0 radical (unpaired) electrons. The molecule has 2 atom stereocenters. The zero-order valence-corrected chi connectivity index (χ0v) is 12.8. The highest BCUT2D eigenvalue weighted by Gasteiger charge is 2.27. The van der Waals surface area contributed by atoms with Crippen LogP contribution in [0.15, 0.2) is 18.2 Å². The lowest BCUT2D eigenvalue weighted by atomic mass is 10.1. The molecule has 0 amide bonds. The molecule has 0 aliphatic heterocycles. The van der Waals surface area contributed by atoms with Crippen molar-refractivity contribution in [2.45, 2.75) is 37.5 Å². The number of benzene rings is 1. The Morgan fingerprint density at radius 2 is 2.30 bits per heavy atom. The van der Waals surface area contributed by atoms with Gasteiger partial charge in [0.05, 0.1) is 24.0 Å². The van der Waals surface area contributed by atoms with Crippen molar-refractivity contribution in [2.75, 3.05) is 23.9 Å². The van der Waals surface area contributed by atoms with Crippen molar-refractivity contribution in [1.29, 1.82) is 0 Å². The lowest BCUT2D eigenvalue weighted by Gasteiger charge is -2.22. The predicted molar refractivity (Wildman–Crippen MR) is 85.4 cm³/mol. The van der Waals surface area contributed by atoms with Gasteiger partial charge >= 0.3 is 5.97 Å². The minimum atomic E-state index is -0.358. The van der Waals surface area contributed by atoms with E-state index in [1.54, 1.807) is 12.1 Å². The quantitative estimate of drug-likeness (QED) is 0.645. The number of thioether (sulfide) groups is 1. The average molecular weight is 294 g/mol. The van der Waals surface area contributed by atoms with E-state index in [2.05, 4.69) is 12.2 Å². The van der Waals surface area contributed by atoms with Crippen LogP contribution in [0.5, 0.6) is 0 Å². The van der Waals surface area contributed by atoms with Crippen molar-refractivity contribution < 1.29 is 9.53 Å². The lowest BCUT2D eigenvalue weighted by Crippen LogP contribution is -2.26. The van der Waals surface area contributed by atoms with Gasteiger partial charge in [0.25, 0.3) is 0 Å². The second-order valence-electron chi connectivity index (χ2n) is 4.97. The highest BCUT2D eigenvalue weighted by atomic mass is 32.2. The van der Waals surface area contributed by atoms with Crippen LogP contribution in [0.4, 0.5) is 11.4 Å². The normalized spacial score (nSPS) is 21.7. The third-order valence-corrected chi connectivity index (χ3v) is 4.97. The molecule has 5 heteroatoms. The van der Waals surface area contributed by atoms with Crippen LogP contribution in [0, 0.1) is 0 Å². The number of hydrogen-bond acceptors (Lipinski definition) is 5. The SMILES string of the molecule is CCSC1CCCC1Nc1ccc(C(=O)OC)cc1N. The molecule has 1 aliphatic carbocycles. The Hall–Kier alpha value is -1.36. The molecule has 0 aromatic heterocycles. The van der Waals surface area contributed by atoms with E-state index in [-0.39, 0.29) is 5.97 Å². The standard InChI is InChI=1S/C15H22N2O2S/c1-3-20-14-6-4-5-13(14)17-12-8-7-10(9-11(12)16)15(18)19-2/h7-9,13-14,17H,3-6,16H2,1-2H3. The van der Waals surface area contributed by atoms with Gasteiger partial charge in [0.1, 0.15) is 0 Å². The summed E-state index contributed by atoms with van der Waals surface area (Å²) in [5, 5.41) is 4.18. The van der Waals surface area contributed by atoms with Gasteiger partial charge in [-0.1, -0.05) is 13.3 Å². The van der Waals surface area contributed by atoms with Crippen LogP contribution in [-0.2, 0) is 4.74 Å². The Morgan fingerprint density at radius 3 is 2.95 bits per heavy atom. The van der Waals surface area contributed by atoms with E-state index >= 15 is 0 Å². The summed E-state index contributed by atoms with van der Waals surface area (Å²) in [6, 6.07) is 5.76. The Morgan fingerprint density at radius 1 is 1.50 bits per heavy atom. The van der Waals surface area contributed by atoms with E-state index in [9.17, 15) is 4.79 Å². The monoisotopic (exact) mass is 294 g/mol. The molecule has 0 bridgehead atoms. The molecule has 0 heterocycles. The third kappa shape index (κ3) is 3.39. The van der Waals surface area contributed by atoms with E-state index in [4.69, 9.17) is 10.5 Å². The zero-order valence-electron chi connectivity index (χ0n) is 12.0. The van der Waals surface area contributed by atoms with E-state index in [1.807, 2.05) is 17.8 Å². The maximum atomic E-state index is 11.5. The van der Waals surface area contributed by atoms with E-state index < -0.39 is 0 Å². The van der Waals surface area contributed by atoms with Crippen molar-refractivity contribution in [3.05, 3.63) is 23.8 Å². The molecule has 1 fully saturated rings. The number of carbonyl (C=O) groups is 1. The van der Waals surface area contributed by atoms with Crippen LogP contribution in [0.1, 0.15) is 36.5 Å². The van der Waals surface area contributed by atoms with Crippen molar-refractivity contribution in [3.8, 4) is 0 Å². The molecular formula is C15H22N2O2S. The van der Waals surface area contributed by atoms with Crippen LogP contribution in [0.2, 0.25) is 0 Å². The van der Waals surface area contributed by atoms with Crippen molar-refractivity contribution >= 4 is 29.1 Å². The number of anilines is 2. The van der Waals surface area contributed by atoms with Gasteiger partial charge in [-0.25, -0.2) is 4.79 Å². The maximum Gasteiger partial charge on any atom is 0.337 e. The number of methoxy groups -OCH3 is 1. The fraction of sp³-hybridized carbons (Fsp3) is 0.533. The Labute approximate surface area is 124 Å². The zero-order chi connectivity index (χ0) is 14.5. The van der Waals surface area contributed by atoms with Crippen LogP contribution >= 0.6 is 11.8 Å². The average Bonchev–Trinajstić information content (AvgIpc) is 2.88. The third-order valence-electron chi connectivity index (χ3n) is 3.65. The predicted octanol–water partition coefficient (Wildman–Crippen LogP) is 3.14. The van der Waals surface area contributed by atoms with E-state index in [1.165, 1.54) is 26.4 Å². The van der Waals surface area contributed by atoms with Crippen LogP contribution < -0.4 is 11.1 Å². The van der Waals surface area contributed by atoms with Gasteiger partial charge < -0.3 is 15.8 Å². The topological polar surface area (TPSA) is 64.3 Å². The minimum Gasteiger partial charge on any atom is -0.465 e. The minimum absolute atomic E-state index is 0.358. The Balaban J connectivity index is 2.08. The molecule has 110 valence electrons. The molecule has 3 N–H and O–H groups in total. The maximum absolute atomic E-state index is 11.5. The number of carbonyl (C=O) groups excluding carboxylic acids is 1. The Kier molecular flexibility index (Phi) is 5.17. The largest absolute Gasteiger partial charge is 0.465 e. The summed E-state index contributed by atoms with van der Waals surface area (Å²) in [5.74, 6) is 0.781. The first-order valence-corrected chi connectivity index (χ1v) is 8.06. The van der Waals surface area contributed by atoms with Gasteiger partial charge in [-0.3, -0.25) is 0 Å². The van der Waals surface area contributed by atoms with Crippen LogP contribution in [0.3, 0.4) is 0 Å². The summed E-state index contributed by atoms with van der Waals surface area (Å²) in [7, 11) is 1.37. The molecule has 4 nitrogen and oxygen atoms in total. The number of nitrogens with one attached hydrogen (secondary N) is 1. The molecule has 0 saturated heterocycles. The van der Waals surface area contributed by atoms with Crippen molar-refractivity contribution in [1.82, 2.24) is 0 Å². The summed E-state index contributed by atoms with van der Waals surface area (Å²) in [6.45, 7) is 2.19. The van der Waals surface area contributed by atoms with Gasteiger partial charge in [0.2, 0.25) is 0 Å². The number of hydrogen-bond donors (Lipinski definition) is 2. The van der Waals surface area contributed by atoms with Gasteiger partial charge in [0, 0.05) is 11.3 Å². The first-order valence-electron chi connectivity index (χ1n) is 7.01. The highest BCUT2D eigenvalue weighted by molar-refractivity contribution is 7.99. The first-order chi connectivity index (χ1) is 9.65. The summed E-state index contributed by atoms with van der Waals surface area (Å²) < 4.78 is 4.70. The molecule has 1 aromatic rings. The summed E-state index contributed by atoms with van der Waals surface area (Å²) in [5.41, 5.74) is 8.03. The smallest absolute Gasteiger partial charge is 0.337 e. The number of rotatable bonds is 5. The summed E-state index contributed by atoms with van der Waals surface area (Å²) in [6.07, 6.45) is 3.70. The Bertz CT molecular complexity index is 479. The van der Waals surface area contributed by atoms with Gasteiger partial charge in [-0.05, 0) is 36.8 Å². The molecule has 2 unspecified atom stereocenters. The fourth-order valence-corrected chi connectivity index (χ4v) is 3.84. The van der Waals surface area contributed by atoms with Gasteiger partial charge in [-0.2, -0.15) is 11.8 Å². The summed E-state index contributed by atoms with van der Waals surface area (Å²) in [4.78, 5) is 11.5. The lowest BCUT2D eigenvalue weighted by molar-refractivity contribution is 0.0601. The second-order valence-corrected chi connectivity index (χ2v) is 6.49. The molecule has 1 saturated carbocycles. The molecule has 1 aromatic carbocycles. The first kappa shape index (κ1) is 15.0.